The fourth-order valence-corrected chi connectivity index (χ4v) is 4.43. The molecule has 1 heterocycles. The maximum absolute atomic E-state index is 13.0. The molecule has 0 bridgehead atoms. The summed E-state index contributed by atoms with van der Waals surface area (Å²) in [5.41, 5.74) is 2.25. The van der Waals surface area contributed by atoms with E-state index < -0.39 is 10.0 Å². The standard InChI is InChI=1S/C19H22N2O3S/c1-14(2)19(22)20-16-11-10-15-7-6-12-21(18(15)13-16)25(23,24)17-8-4-3-5-9-17/h3-5,8-11,13-14H,6-7,12H2,1-2H3,(H,20,22). The molecule has 2 aromatic rings. The molecule has 0 spiro atoms. The molecule has 6 heteroatoms. The quantitative estimate of drug-likeness (QED) is 0.911. The number of carbonyl (C=O) groups excluding carboxylic acids is 1. The highest BCUT2D eigenvalue weighted by atomic mass is 32.2. The highest BCUT2D eigenvalue weighted by Crippen LogP contribution is 2.34. The second-order valence-corrected chi connectivity index (χ2v) is 8.34. The molecule has 0 radical (unpaired) electrons. The molecule has 1 amide bonds. The van der Waals surface area contributed by atoms with Crippen LogP contribution < -0.4 is 9.62 Å². The van der Waals surface area contributed by atoms with Gasteiger partial charge in [-0.05, 0) is 42.7 Å². The molecule has 3 rings (SSSR count). The van der Waals surface area contributed by atoms with Crippen LogP contribution in [0.4, 0.5) is 11.4 Å². The lowest BCUT2D eigenvalue weighted by atomic mass is 10.0. The van der Waals surface area contributed by atoms with Crippen LogP contribution in [-0.4, -0.2) is 20.9 Å². The van der Waals surface area contributed by atoms with Crippen molar-refractivity contribution in [3.63, 3.8) is 0 Å². The van der Waals surface area contributed by atoms with Crippen molar-refractivity contribution in [1.29, 1.82) is 0 Å². The fourth-order valence-electron chi connectivity index (χ4n) is 2.87. The van der Waals surface area contributed by atoms with Gasteiger partial charge in [0.2, 0.25) is 5.91 Å². The Labute approximate surface area is 148 Å². The summed E-state index contributed by atoms with van der Waals surface area (Å²) >= 11 is 0. The van der Waals surface area contributed by atoms with E-state index in [1.807, 2.05) is 26.0 Å². The minimum absolute atomic E-state index is 0.0896. The van der Waals surface area contributed by atoms with Crippen LogP contribution in [0.3, 0.4) is 0 Å². The van der Waals surface area contributed by atoms with E-state index in [0.29, 0.717) is 17.9 Å². The van der Waals surface area contributed by atoms with E-state index in [4.69, 9.17) is 0 Å². The van der Waals surface area contributed by atoms with Gasteiger partial charge in [0, 0.05) is 18.2 Å². The molecule has 0 fully saturated rings. The Kier molecular flexibility index (Phi) is 4.81. The third kappa shape index (κ3) is 3.54. The Bertz CT molecular complexity index is 877. The number of nitrogens with one attached hydrogen (secondary N) is 1. The van der Waals surface area contributed by atoms with Crippen LogP contribution >= 0.6 is 0 Å². The molecule has 132 valence electrons. The van der Waals surface area contributed by atoms with Crippen molar-refractivity contribution in [2.75, 3.05) is 16.2 Å². The average molecular weight is 358 g/mol. The predicted octanol–water partition coefficient (Wildman–Crippen LogP) is 3.42. The van der Waals surface area contributed by atoms with Crippen molar-refractivity contribution in [3.05, 3.63) is 54.1 Å². The highest BCUT2D eigenvalue weighted by molar-refractivity contribution is 7.92. The van der Waals surface area contributed by atoms with Gasteiger partial charge in [-0.2, -0.15) is 0 Å². The lowest BCUT2D eigenvalue weighted by molar-refractivity contribution is -0.118. The number of amides is 1. The van der Waals surface area contributed by atoms with E-state index in [2.05, 4.69) is 5.32 Å². The molecular weight excluding hydrogens is 336 g/mol. The SMILES string of the molecule is CC(C)C(=O)Nc1ccc2c(c1)N(S(=O)(=O)c1ccccc1)CCC2. The Balaban J connectivity index is 1.99. The molecule has 25 heavy (non-hydrogen) atoms. The number of benzene rings is 2. The molecule has 0 atom stereocenters. The van der Waals surface area contributed by atoms with Gasteiger partial charge < -0.3 is 5.32 Å². The molecule has 0 unspecified atom stereocenters. The molecule has 0 aliphatic carbocycles. The molecule has 0 saturated carbocycles. The first-order valence-corrected chi connectivity index (χ1v) is 9.85. The third-order valence-corrected chi connectivity index (χ3v) is 6.11. The lowest BCUT2D eigenvalue weighted by Crippen LogP contribution is -2.35. The maximum atomic E-state index is 13.0. The number of sulfonamides is 1. The van der Waals surface area contributed by atoms with E-state index in [1.54, 1.807) is 36.4 Å². The first-order valence-electron chi connectivity index (χ1n) is 8.41. The number of aryl methyl sites for hydroxylation is 1. The van der Waals surface area contributed by atoms with E-state index in [9.17, 15) is 13.2 Å². The molecule has 1 aliphatic rings. The zero-order valence-corrected chi connectivity index (χ0v) is 15.2. The summed E-state index contributed by atoms with van der Waals surface area (Å²) in [7, 11) is -3.62. The molecule has 1 N–H and O–H groups in total. The van der Waals surface area contributed by atoms with Crippen molar-refractivity contribution >= 4 is 27.3 Å². The molecule has 0 saturated heterocycles. The van der Waals surface area contributed by atoms with Crippen molar-refractivity contribution in [3.8, 4) is 0 Å². The van der Waals surface area contributed by atoms with Gasteiger partial charge in [-0.3, -0.25) is 9.10 Å². The Morgan fingerprint density at radius 1 is 1.12 bits per heavy atom. The zero-order chi connectivity index (χ0) is 18.0. The minimum atomic E-state index is -3.62. The van der Waals surface area contributed by atoms with Crippen LogP contribution in [0.2, 0.25) is 0 Å². The summed E-state index contributed by atoms with van der Waals surface area (Å²) in [6.07, 6.45) is 1.60. The van der Waals surface area contributed by atoms with Gasteiger partial charge in [-0.1, -0.05) is 38.1 Å². The van der Waals surface area contributed by atoms with E-state index in [-0.39, 0.29) is 16.7 Å². The van der Waals surface area contributed by atoms with Crippen molar-refractivity contribution in [2.24, 2.45) is 5.92 Å². The Morgan fingerprint density at radius 3 is 2.52 bits per heavy atom. The minimum Gasteiger partial charge on any atom is -0.326 e. The summed E-state index contributed by atoms with van der Waals surface area (Å²) in [4.78, 5) is 12.2. The topological polar surface area (TPSA) is 66.5 Å². The normalized spacial score (nSPS) is 14.3. The number of nitrogens with zero attached hydrogens (tertiary/aromatic N) is 1. The average Bonchev–Trinajstić information content (AvgIpc) is 2.61. The molecule has 0 aromatic heterocycles. The second kappa shape index (κ2) is 6.88. The van der Waals surface area contributed by atoms with Crippen LogP contribution in [0.15, 0.2) is 53.4 Å². The van der Waals surface area contributed by atoms with Gasteiger partial charge in [0.25, 0.3) is 10.0 Å². The molecular formula is C19H22N2O3S. The van der Waals surface area contributed by atoms with Gasteiger partial charge in [-0.15, -0.1) is 0 Å². The third-order valence-electron chi connectivity index (χ3n) is 4.28. The van der Waals surface area contributed by atoms with Gasteiger partial charge in [-0.25, -0.2) is 8.42 Å². The second-order valence-electron chi connectivity index (χ2n) is 6.48. The molecule has 5 nitrogen and oxygen atoms in total. The lowest BCUT2D eigenvalue weighted by Gasteiger charge is -2.31. The van der Waals surface area contributed by atoms with Gasteiger partial charge in [0.15, 0.2) is 0 Å². The van der Waals surface area contributed by atoms with Crippen LogP contribution in [-0.2, 0) is 21.2 Å². The predicted molar refractivity (Wildman–Crippen MR) is 99.2 cm³/mol. The maximum Gasteiger partial charge on any atom is 0.264 e. The van der Waals surface area contributed by atoms with Crippen LogP contribution in [0.25, 0.3) is 0 Å². The number of fused-ring (bicyclic) bond motifs is 1. The Hall–Kier alpha value is -2.34. The summed E-state index contributed by atoms with van der Waals surface area (Å²) in [5.74, 6) is -0.228. The van der Waals surface area contributed by atoms with Gasteiger partial charge in [0.1, 0.15) is 0 Å². The zero-order valence-electron chi connectivity index (χ0n) is 14.4. The summed E-state index contributed by atoms with van der Waals surface area (Å²) in [6, 6.07) is 13.9. The summed E-state index contributed by atoms with van der Waals surface area (Å²) < 4.78 is 27.5. The first-order chi connectivity index (χ1) is 11.9. The van der Waals surface area contributed by atoms with Gasteiger partial charge >= 0.3 is 0 Å². The van der Waals surface area contributed by atoms with Crippen molar-refractivity contribution in [1.82, 2.24) is 0 Å². The number of rotatable bonds is 4. The highest BCUT2D eigenvalue weighted by Gasteiger charge is 2.29. The first kappa shape index (κ1) is 17.5. The van der Waals surface area contributed by atoms with Crippen LogP contribution in [0.5, 0.6) is 0 Å². The monoisotopic (exact) mass is 358 g/mol. The van der Waals surface area contributed by atoms with Gasteiger partial charge in [0.05, 0.1) is 10.6 Å². The largest absolute Gasteiger partial charge is 0.326 e. The number of anilines is 2. The van der Waals surface area contributed by atoms with Crippen LogP contribution in [0, 0.1) is 5.92 Å². The molecule has 1 aliphatic heterocycles. The van der Waals surface area contributed by atoms with Crippen molar-refractivity contribution in [2.45, 2.75) is 31.6 Å². The fraction of sp³-hybridized carbons (Fsp3) is 0.316. The van der Waals surface area contributed by atoms with E-state index in [1.165, 1.54) is 4.31 Å². The van der Waals surface area contributed by atoms with Crippen LogP contribution in [0.1, 0.15) is 25.8 Å². The van der Waals surface area contributed by atoms with Crippen molar-refractivity contribution < 1.29 is 13.2 Å². The summed E-state index contributed by atoms with van der Waals surface area (Å²) in [6.45, 7) is 4.08. The van der Waals surface area contributed by atoms with E-state index in [0.717, 1.165) is 18.4 Å². The molecule has 2 aromatic carbocycles. The number of hydrogen-bond donors (Lipinski definition) is 1. The summed E-state index contributed by atoms with van der Waals surface area (Å²) in [5, 5.41) is 2.84. The van der Waals surface area contributed by atoms with E-state index >= 15 is 0 Å². The Morgan fingerprint density at radius 2 is 1.84 bits per heavy atom. The number of carbonyl (C=O) groups is 1. The number of hydrogen-bond acceptors (Lipinski definition) is 3. The smallest absolute Gasteiger partial charge is 0.264 e.